The lowest BCUT2D eigenvalue weighted by molar-refractivity contribution is 0.0951. The van der Waals surface area contributed by atoms with Crippen molar-refractivity contribution < 1.29 is 9.90 Å². The fraction of sp³-hybridized carbons (Fsp3) is 0.500. The lowest BCUT2D eigenvalue weighted by atomic mass is 10.2. The highest BCUT2D eigenvalue weighted by molar-refractivity contribution is 14.1. The van der Waals surface area contributed by atoms with Crippen molar-refractivity contribution in [1.82, 2.24) is 10.2 Å². The second-order valence-corrected chi connectivity index (χ2v) is 5.46. The van der Waals surface area contributed by atoms with Crippen LogP contribution in [0.4, 0.5) is 0 Å². The second kappa shape index (κ2) is 8.37. The number of nitrogens with zero attached hydrogens (tertiary/aromatic N) is 1. The van der Waals surface area contributed by atoms with Crippen molar-refractivity contribution in [2.75, 3.05) is 26.2 Å². The molecule has 0 fully saturated rings. The molecule has 0 aliphatic rings. The maximum atomic E-state index is 11.9. The molecule has 0 spiro atoms. The van der Waals surface area contributed by atoms with Crippen LogP contribution in [0, 0.1) is 3.57 Å². The van der Waals surface area contributed by atoms with Gasteiger partial charge in [-0.05, 0) is 66.8 Å². The number of benzene rings is 1. The smallest absolute Gasteiger partial charge is 0.251 e. The zero-order valence-electron chi connectivity index (χ0n) is 11.4. The third-order valence-electron chi connectivity index (χ3n) is 3.04. The van der Waals surface area contributed by atoms with Gasteiger partial charge in [0.25, 0.3) is 5.91 Å². The Morgan fingerprint density at radius 1 is 1.37 bits per heavy atom. The van der Waals surface area contributed by atoms with Crippen LogP contribution >= 0.6 is 22.6 Å². The molecule has 0 aliphatic carbocycles. The Hall–Kier alpha value is -0.820. The van der Waals surface area contributed by atoms with E-state index in [4.69, 9.17) is 0 Å². The van der Waals surface area contributed by atoms with E-state index in [0.29, 0.717) is 12.1 Å². The molecule has 0 heterocycles. The lowest BCUT2D eigenvalue weighted by Gasteiger charge is -2.17. The van der Waals surface area contributed by atoms with Gasteiger partial charge in [0, 0.05) is 12.1 Å². The molecule has 2 N–H and O–H groups in total. The molecule has 0 atom stereocenters. The number of nitrogens with one attached hydrogen (secondary N) is 1. The van der Waals surface area contributed by atoms with Gasteiger partial charge in [-0.15, -0.1) is 0 Å². The van der Waals surface area contributed by atoms with Crippen LogP contribution in [0.5, 0.6) is 5.75 Å². The zero-order chi connectivity index (χ0) is 14.3. The van der Waals surface area contributed by atoms with Crippen molar-refractivity contribution in [2.45, 2.75) is 20.3 Å². The van der Waals surface area contributed by atoms with Crippen LogP contribution in [-0.2, 0) is 0 Å². The highest BCUT2D eigenvalue weighted by Crippen LogP contribution is 2.20. The van der Waals surface area contributed by atoms with Crippen LogP contribution in [0.2, 0.25) is 0 Å². The van der Waals surface area contributed by atoms with E-state index in [1.165, 1.54) is 6.07 Å². The first kappa shape index (κ1) is 16.2. The first-order valence-electron chi connectivity index (χ1n) is 6.57. The van der Waals surface area contributed by atoms with E-state index in [2.05, 4.69) is 24.1 Å². The summed E-state index contributed by atoms with van der Waals surface area (Å²) in [7, 11) is 0. The van der Waals surface area contributed by atoms with E-state index in [1.807, 2.05) is 22.6 Å². The van der Waals surface area contributed by atoms with Gasteiger partial charge in [-0.1, -0.05) is 13.8 Å². The van der Waals surface area contributed by atoms with Gasteiger partial charge in [0.2, 0.25) is 0 Å². The summed E-state index contributed by atoms with van der Waals surface area (Å²) in [5, 5.41) is 12.4. The zero-order valence-corrected chi connectivity index (χ0v) is 13.6. The molecule has 4 nitrogen and oxygen atoms in total. The van der Waals surface area contributed by atoms with Crippen LogP contribution < -0.4 is 5.32 Å². The van der Waals surface area contributed by atoms with E-state index >= 15 is 0 Å². The Kier molecular flexibility index (Phi) is 7.15. The van der Waals surface area contributed by atoms with Gasteiger partial charge in [-0.2, -0.15) is 0 Å². The Morgan fingerprint density at radius 2 is 2.05 bits per heavy atom. The average molecular weight is 376 g/mol. The molecule has 0 radical (unpaired) electrons. The third-order valence-corrected chi connectivity index (χ3v) is 3.95. The van der Waals surface area contributed by atoms with E-state index in [0.717, 1.165) is 29.6 Å². The van der Waals surface area contributed by atoms with Crippen molar-refractivity contribution in [3.63, 3.8) is 0 Å². The molecular weight excluding hydrogens is 355 g/mol. The number of rotatable bonds is 7. The van der Waals surface area contributed by atoms with E-state index in [-0.39, 0.29) is 11.7 Å². The van der Waals surface area contributed by atoms with Gasteiger partial charge in [0.1, 0.15) is 5.75 Å². The molecule has 0 aromatic heterocycles. The fourth-order valence-electron chi connectivity index (χ4n) is 1.80. The van der Waals surface area contributed by atoms with Gasteiger partial charge < -0.3 is 15.3 Å². The molecule has 19 heavy (non-hydrogen) atoms. The minimum atomic E-state index is -0.133. The SMILES string of the molecule is CCN(CC)CCCNC(=O)c1ccc(I)c(O)c1. The monoisotopic (exact) mass is 376 g/mol. The van der Waals surface area contributed by atoms with Crippen LogP contribution in [0.3, 0.4) is 0 Å². The van der Waals surface area contributed by atoms with Gasteiger partial charge in [0.05, 0.1) is 3.57 Å². The number of carbonyl (C=O) groups is 1. The van der Waals surface area contributed by atoms with Gasteiger partial charge >= 0.3 is 0 Å². The average Bonchev–Trinajstić information content (AvgIpc) is 2.42. The summed E-state index contributed by atoms with van der Waals surface area (Å²) in [6.07, 6.45) is 0.934. The number of hydrogen-bond acceptors (Lipinski definition) is 3. The maximum absolute atomic E-state index is 11.9. The molecule has 1 aromatic carbocycles. The van der Waals surface area contributed by atoms with Crippen molar-refractivity contribution >= 4 is 28.5 Å². The molecule has 106 valence electrons. The third kappa shape index (κ3) is 5.36. The number of phenols is 1. The van der Waals surface area contributed by atoms with E-state index < -0.39 is 0 Å². The lowest BCUT2D eigenvalue weighted by Crippen LogP contribution is -2.29. The number of carbonyl (C=O) groups excluding carboxylic acids is 1. The molecule has 5 heteroatoms. The predicted molar refractivity (Wildman–Crippen MR) is 85.6 cm³/mol. The molecule has 0 unspecified atom stereocenters. The predicted octanol–water partition coefficient (Wildman–Crippen LogP) is 2.46. The minimum Gasteiger partial charge on any atom is -0.507 e. The quantitative estimate of drug-likeness (QED) is 0.568. The normalized spacial score (nSPS) is 10.7. The number of phenolic OH excluding ortho intramolecular Hbond substituents is 1. The maximum Gasteiger partial charge on any atom is 0.251 e. The number of halogens is 1. The summed E-state index contributed by atoms with van der Waals surface area (Å²) in [5.41, 5.74) is 0.501. The molecular formula is C14H21IN2O2. The van der Waals surface area contributed by atoms with E-state index in [1.54, 1.807) is 12.1 Å². The summed E-state index contributed by atoms with van der Waals surface area (Å²) in [6, 6.07) is 4.96. The van der Waals surface area contributed by atoms with Crippen LogP contribution in [0.25, 0.3) is 0 Å². The van der Waals surface area contributed by atoms with Gasteiger partial charge in [0.15, 0.2) is 0 Å². The molecule has 0 saturated carbocycles. The summed E-state index contributed by atoms with van der Waals surface area (Å²) in [4.78, 5) is 14.2. The fourth-order valence-corrected chi connectivity index (χ4v) is 2.14. The van der Waals surface area contributed by atoms with Crippen molar-refractivity contribution in [1.29, 1.82) is 0 Å². The minimum absolute atomic E-state index is 0.133. The standard InChI is InChI=1S/C14H21IN2O2/c1-3-17(4-2)9-5-8-16-14(19)11-6-7-12(15)13(18)10-11/h6-7,10,18H,3-5,8-9H2,1-2H3,(H,16,19). The summed E-state index contributed by atoms with van der Waals surface area (Å²) < 4.78 is 0.746. The Labute approximate surface area is 128 Å². The number of aromatic hydroxyl groups is 1. The summed E-state index contributed by atoms with van der Waals surface area (Å²) >= 11 is 2.03. The van der Waals surface area contributed by atoms with Crippen LogP contribution in [0.15, 0.2) is 18.2 Å². The topological polar surface area (TPSA) is 52.6 Å². The first-order chi connectivity index (χ1) is 9.08. The largest absolute Gasteiger partial charge is 0.507 e. The first-order valence-corrected chi connectivity index (χ1v) is 7.65. The van der Waals surface area contributed by atoms with Crippen molar-refractivity contribution in [2.24, 2.45) is 0 Å². The Bertz CT molecular complexity index is 420. The van der Waals surface area contributed by atoms with Gasteiger partial charge in [-0.3, -0.25) is 4.79 Å². The Balaban J connectivity index is 2.37. The van der Waals surface area contributed by atoms with Crippen LogP contribution in [-0.4, -0.2) is 42.1 Å². The summed E-state index contributed by atoms with van der Waals surface area (Å²) in [5.74, 6) is 0.0163. The van der Waals surface area contributed by atoms with Gasteiger partial charge in [-0.25, -0.2) is 0 Å². The molecule has 0 aliphatic heterocycles. The highest BCUT2D eigenvalue weighted by atomic mass is 127. The van der Waals surface area contributed by atoms with Crippen molar-refractivity contribution in [3.05, 3.63) is 27.3 Å². The second-order valence-electron chi connectivity index (χ2n) is 4.30. The number of hydrogen-bond donors (Lipinski definition) is 2. The molecule has 1 rings (SSSR count). The van der Waals surface area contributed by atoms with Crippen molar-refractivity contribution in [3.8, 4) is 5.75 Å². The number of amides is 1. The molecule has 1 amide bonds. The van der Waals surface area contributed by atoms with Crippen LogP contribution in [0.1, 0.15) is 30.6 Å². The molecule has 0 saturated heterocycles. The summed E-state index contributed by atoms with van der Waals surface area (Å²) in [6.45, 7) is 7.99. The van der Waals surface area contributed by atoms with E-state index in [9.17, 15) is 9.90 Å². The Morgan fingerprint density at radius 3 is 2.63 bits per heavy atom. The molecule has 1 aromatic rings. The highest BCUT2D eigenvalue weighted by Gasteiger charge is 2.07. The molecule has 0 bridgehead atoms.